The van der Waals surface area contributed by atoms with E-state index in [9.17, 15) is 0 Å². The van der Waals surface area contributed by atoms with Gasteiger partial charge in [0.05, 0.1) is 5.69 Å². The molecule has 0 radical (unpaired) electrons. The molecule has 3 N–H and O–H groups in total. The van der Waals surface area contributed by atoms with Crippen LogP contribution in [0.2, 0.25) is 0 Å². The summed E-state index contributed by atoms with van der Waals surface area (Å²) in [4.78, 5) is 3.38. The van der Waals surface area contributed by atoms with Gasteiger partial charge in [-0.05, 0) is 19.1 Å². The van der Waals surface area contributed by atoms with E-state index < -0.39 is 0 Å². The van der Waals surface area contributed by atoms with Crippen LogP contribution in [0.1, 0.15) is 5.69 Å². The summed E-state index contributed by atoms with van der Waals surface area (Å²) in [5, 5.41) is 5.60. The van der Waals surface area contributed by atoms with Crippen LogP contribution >= 0.6 is 15.9 Å². The summed E-state index contributed by atoms with van der Waals surface area (Å²) < 4.78 is 2.74. The lowest BCUT2D eigenvalue weighted by Gasteiger charge is -1.98. The predicted octanol–water partition coefficient (Wildman–Crippen LogP) is 3.22. The molecule has 0 fully saturated rings. The minimum atomic E-state index is 0.658. The Labute approximate surface area is 113 Å². The number of nitrogen functional groups attached to an aromatic ring is 1. The summed E-state index contributed by atoms with van der Waals surface area (Å²) in [6.07, 6.45) is 0. The van der Waals surface area contributed by atoms with Gasteiger partial charge in [0.15, 0.2) is 0 Å². The number of halogens is 1. The van der Waals surface area contributed by atoms with Gasteiger partial charge in [-0.15, -0.1) is 0 Å². The fourth-order valence-electron chi connectivity index (χ4n) is 2.26. The van der Waals surface area contributed by atoms with E-state index in [2.05, 4.69) is 32.1 Å². The molecule has 0 amide bonds. The first kappa shape index (κ1) is 11.3. The molecule has 18 heavy (non-hydrogen) atoms. The van der Waals surface area contributed by atoms with Crippen LogP contribution in [-0.4, -0.2) is 14.8 Å². The second kappa shape index (κ2) is 3.88. The number of H-pyrrole nitrogens is 1. The molecule has 4 nitrogen and oxygen atoms in total. The Morgan fingerprint density at radius 1 is 1.39 bits per heavy atom. The third-order valence-corrected chi connectivity index (χ3v) is 3.79. The van der Waals surface area contributed by atoms with Gasteiger partial charge in [0.2, 0.25) is 0 Å². The monoisotopic (exact) mass is 304 g/mol. The Morgan fingerprint density at radius 3 is 2.83 bits per heavy atom. The smallest absolute Gasteiger partial charge is 0.121 e. The maximum Gasteiger partial charge on any atom is 0.121 e. The normalized spacial score (nSPS) is 11.3. The summed E-state index contributed by atoms with van der Waals surface area (Å²) in [7, 11) is 1.85. The fourth-order valence-corrected chi connectivity index (χ4v) is 2.82. The first-order chi connectivity index (χ1) is 8.58. The average Bonchev–Trinajstić information content (AvgIpc) is 2.80. The van der Waals surface area contributed by atoms with Crippen molar-refractivity contribution in [1.29, 1.82) is 0 Å². The molecule has 0 aliphatic rings. The Balaban J connectivity index is 2.38. The number of aryl methyl sites for hydroxylation is 2. The van der Waals surface area contributed by atoms with Crippen LogP contribution in [0, 0.1) is 6.92 Å². The van der Waals surface area contributed by atoms with Crippen LogP contribution in [0.5, 0.6) is 0 Å². The molecule has 0 saturated carbocycles. The quantitative estimate of drug-likeness (QED) is 0.725. The van der Waals surface area contributed by atoms with Gasteiger partial charge in [-0.2, -0.15) is 5.10 Å². The Morgan fingerprint density at radius 2 is 2.17 bits per heavy atom. The van der Waals surface area contributed by atoms with Crippen molar-refractivity contribution in [3.05, 3.63) is 34.4 Å². The maximum absolute atomic E-state index is 5.86. The molecule has 2 aromatic heterocycles. The number of anilines is 1. The molecular weight excluding hydrogens is 292 g/mol. The van der Waals surface area contributed by atoms with Gasteiger partial charge in [0.25, 0.3) is 0 Å². The van der Waals surface area contributed by atoms with Crippen molar-refractivity contribution in [3.63, 3.8) is 0 Å². The minimum absolute atomic E-state index is 0.658. The molecule has 0 bridgehead atoms. The topological polar surface area (TPSA) is 59.6 Å². The van der Waals surface area contributed by atoms with Crippen LogP contribution < -0.4 is 5.73 Å². The van der Waals surface area contributed by atoms with E-state index in [1.54, 1.807) is 4.68 Å². The summed E-state index contributed by atoms with van der Waals surface area (Å²) in [6, 6.07) is 8.00. The van der Waals surface area contributed by atoms with E-state index in [4.69, 9.17) is 5.73 Å². The highest BCUT2D eigenvalue weighted by Crippen LogP contribution is 2.36. The van der Waals surface area contributed by atoms with E-state index in [1.165, 1.54) is 0 Å². The van der Waals surface area contributed by atoms with Crippen molar-refractivity contribution in [2.75, 3.05) is 5.73 Å². The van der Waals surface area contributed by atoms with Gasteiger partial charge in [-0.1, -0.05) is 22.0 Å². The number of hydrogen-bond acceptors (Lipinski definition) is 2. The SMILES string of the molecule is Cc1[nH]c2cccc(Br)c2c1-c1cc(N)n(C)n1. The highest BCUT2D eigenvalue weighted by atomic mass is 79.9. The van der Waals surface area contributed by atoms with E-state index in [0.717, 1.165) is 32.3 Å². The minimum Gasteiger partial charge on any atom is -0.384 e. The van der Waals surface area contributed by atoms with Crippen LogP contribution in [0.15, 0.2) is 28.7 Å². The lowest BCUT2D eigenvalue weighted by atomic mass is 10.1. The van der Waals surface area contributed by atoms with E-state index >= 15 is 0 Å². The molecule has 2 heterocycles. The second-order valence-electron chi connectivity index (χ2n) is 4.37. The number of benzene rings is 1. The lowest BCUT2D eigenvalue weighted by molar-refractivity contribution is 0.782. The van der Waals surface area contributed by atoms with Gasteiger partial charge in [-0.3, -0.25) is 4.68 Å². The maximum atomic E-state index is 5.86. The average molecular weight is 305 g/mol. The molecule has 3 aromatic rings. The van der Waals surface area contributed by atoms with E-state index in [1.807, 2.05) is 32.2 Å². The largest absolute Gasteiger partial charge is 0.384 e. The molecular formula is C13H13BrN4. The van der Waals surface area contributed by atoms with Crippen molar-refractivity contribution in [2.24, 2.45) is 7.05 Å². The first-order valence-electron chi connectivity index (χ1n) is 5.64. The van der Waals surface area contributed by atoms with Crippen LogP contribution in [0.25, 0.3) is 22.2 Å². The molecule has 3 rings (SSSR count). The van der Waals surface area contributed by atoms with Crippen molar-refractivity contribution in [2.45, 2.75) is 6.92 Å². The van der Waals surface area contributed by atoms with Gasteiger partial charge < -0.3 is 10.7 Å². The Hall–Kier alpha value is -1.75. The van der Waals surface area contributed by atoms with Gasteiger partial charge in [-0.25, -0.2) is 0 Å². The lowest BCUT2D eigenvalue weighted by Crippen LogP contribution is -1.96. The van der Waals surface area contributed by atoms with E-state index in [-0.39, 0.29) is 0 Å². The predicted molar refractivity (Wildman–Crippen MR) is 77.4 cm³/mol. The summed E-state index contributed by atoms with van der Waals surface area (Å²) in [5.41, 5.74) is 10.0. The molecule has 5 heteroatoms. The molecule has 0 aliphatic carbocycles. The zero-order valence-corrected chi connectivity index (χ0v) is 11.7. The van der Waals surface area contributed by atoms with Crippen molar-refractivity contribution >= 4 is 32.7 Å². The number of nitrogens with one attached hydrogen (secondary N) is 1. The van der Waals surface area contributed by atoms with Gasteiger partial charge in [0, 0.05) is 39.7 Å². The molecule has 0 saturated heterocycles. The Kier molecular flexibility index (Phi) is 2.45. The molecule has 1 aromatic carbocycles. The number of aromatic amines is 1. The Bertz CT molecular complexity index is 719. The van der Waals surface area contributed by atoms with Crippen LogP contribution in [0.4, 0.5) is 5.82 Å². The number of fused-ring (bicyclic) bond motifs is 1. The first-order valence-corrected chi connectivity index (χ1v) is 6.44. The summed E-state index contributed by atoms with van der Waals surface area (Å²) in [6.45, 7) is 2.05. The molecule has 0 aliphatic heterocycles. The zero-order valence-electron chi connectivity index (χ0n) is 10.2. The second-order valence-corrected chi connectivity index (χ2v) is 5.22. The standard InChI is InChI=1S/C13H13BrN4/c1-7-12(10-6-11(15)18(2)17-10)13-8(14)4-3-5-9(13)16-7/h3-6,16H,15H2,1-2H3. The third-order valence-electron chi connectivity index (χ3n) is 3.13. The molecule has 0 unspecified atom stereocenters. The van der Waals surface area contributed by atoms with Crippen molar-refractivity contribution in [3.8, 4) is 11.3 Å². The molecule has 0 atom stereocenters. The third kappa shape index (κ3) is 1.54. The highest BCUT2D eigenvalue weighted by molar-refractivity contribution is 9.10. The van der Waals surface area contributed by atoms with Crippen molar-refractivity contribution < 1.29 is 0 Å². The number of rotatable bonds is 1. The zero-order chi connectivity index (χ0) is 12.9. The van der Waals surface area contributed by atoms with Gasteiger partial charge in [0.1, 0.15) is 5.82 Å². The summed E-state index contributed by atoms with van der Waals surface area (Å²) in [5.74, 6) is 0.658. The van der Waals surface area contributed by atoms with Crippen molar-refractivity contribution in [1.82, 2.24) is 14.8 Å². The van der Waals surface area contributed by atoms with Gasteiger partial charge >= 0.3 is 0 Å². The van der Waals surface area contributed by atoms with Crippen LogP contribution in [0.3, 0.4) is 0 Å². The number of nitrogens with zero attached hydrogens (tertiary/aromatic N) is 2. The number of hydrogen-bond donors (Lipinski definition) is 2. The fraction of sp³-hybridized carbons (Fsp3) is 0.154. The molecule has 92 valence electrons. The van der Waals surface area contributed by atoms with E-state index in [0.29, 0.717) is 5.82 Å². The molecule has 0 spiro atoms. The number of aromatic nitrogens is 3. The number of nitrogens with two attached hydrogens (primary N) is 1. The highest BCUT2D eigenvalue weighted by Gasteiger charge is 2.15. The van der Waals surface area contributed by atoms with Crippen LogP contribution in [-0.2, 0) is 7.05 Å². The summed E-state index contributed by atoms with van der Waals surface area (Å²) >= 11 is 3.60.